The van der Waals surface area contributed by atoms with Crippen LogP contribution in [0.4, 0.5) is 5.13 Å². The average Bonchev–Trinajstić information content (AvgIpc) is 3.23. The Hall–Kier alpha value is -2.45. The first-order chi connectivity index (χ1) is 11.7. The molecule has 4 rings (SSSR count). The van der Waals surface area contributed by atoms with Crippen LogP contribution in [0.3, 0.4) is 0 Å². The van der Waals surface area contributed by atoms with Gasteiger partial charge in [-0.15, -0.1) is 21.5 Å². The first-order valence-electron chi connectivity index (χ1n) is 7.28. The summed E-state index contributed by atoms with van der Waals surface area (Å²) in [6.07, 6.45) is -0.712. The van der Waals surface area contributed by atoms with Crippen LogP contribution in [0.2, 0.25) is 0 Å². The SMILES string of the molecule is Cc1ccsc1-c1nnc(NC(=O)C2COc3ccccc3O2)s1. The third kappa shape index (κ3) is 2.85. The Morgan fingerprint density at radius 3 is 2.88 bits per heavy atom. The highest BCUT2D eigenvalue weighted by Crippen LogP contribution is 2.34. The van der Waals surface area contributed by atoms with E-state index in [1.807, 2.05) is 36.6 Å². The van der Waals surface area contributed by atoms with E-state index in [2.05, 4.69) is 15.5 Å². The van der Waals surface area contributed by atoms with Crippen molar-refractivity contribution in [2.24, 2.45) is 0 Å². The standard InChI is InChI=1S/C16H13N3O3S2/c1-9-6-7-23-13(9)15-18-19-16(24-15)17-14(20)12-8-21-10-4-2-3-5-11(10)22-12/h2-7,12H,8H2,1H3,(H,17,19,20). The Labute approximate surface area is 146 Å². The summed E-state index contributed by atoms with van der Waals surface area (Å²) in [6, 6.07) is 9.31. The Bertz CT molecular complexity index is 890. The van der Waals surface area contributed by atoms with Crippen molar-refractivity contribution in [1.29, 1.82) is 0 Å². The van der Waals surface area contributed by atoms with Gasteiger partial charge >= 0.3 is 0 Å². The van der Waals surface area contributed by atoms with Crippen LogP contribution in [0.15, 0.2) is 35.7 Å². The molecule has 0 spiro atoms. The number of para-hydroxylation sites is 2. The minimum Gasteiger partial charge on any atom is -0.485 e. The van der Waals surface area contributed by atoms with Crippen molar-refractivity contribution >= 4 is 33.7 Å². The summed E-state index contributed by atoms with van der Waals surface area (Å²) in [5.41, 5.74) is 1.15. The van der Waals surface area contributed by atoms with E-state index in [4.69, 9.17) is 9.47 Å². The number of anilines is 1. The lowest BCUT2D eigenvalue weighted by Crippen LogP contribution is -2.40. The minimum atomic E-state index is -0.712. The van der Waals surface area contributed by atoms with Crippen LogP contribution >= 0.6 is 22.7 Å². The van der Waals surface area contributed by atoms with Gasteiger partial charge in [0, 0.05) is 0 Å². The molecule has 1 aliphatic rings. The molecule has 0 bridgehead atoms. The number of carbonyl (C=O) groups excluding carboxylic acids is 1. The largest absolute Gasteiger partial charge is 0.485 e. The van der Waals surface area contributed by atoms with Crippen LogP contribution in [0.5, 0.6) is 11.5 Å². The second-order valence-electron chi connectivity index (χ2n) is 5.20. The van der Waals surface area contributed by atoms with E-state index in [1.165, 1.54) is 11.3 Å². The maximum absolute atomic E-state index is 12.4. The maximum Gasteiger partial charge on any atom is 0.270 e. The molecule has 24 heavy (non-hydrogen) atoms. The van der Waals surface area contributed by atoms with Crippen molar-refractivity contribution in [2.75, 3.05) is 11.9 Å². The molecule has 1 N–H and O–H groups in total. The lowest BCUT2D eigenvalue weighted by Gasteiger charge is -2.25. The molecule has 1 atom stereocenters. The van der Waals surface area contributed by atoms with Gasteiger partial charge in [-0.3, -0.25) is 10.1 Å². The van der Waals surface area contributed by atoms with Crippen molar-refractivity contribution < 1.29 is 14.3 Å². The molecular formula is C16H13N3O3S2. The fraction of sp³-hybridized carbons (Fsp3) is 0.188. The molecule has 0 aliphatic carbocycles. The van der Waals surface area contributed by atoms with Crippen molar-refractivity contribution in [1.82, 2.24) is 10.2 Å². The molecule has 2 aromatic heterocycles. The van der Waals surface area contributed by atoms with Gasteiger partial charge in [0.05, 0.1) is 4.88 Å². The van der Waals surface area contributed by atoms with Crippen LogP contribution in [-0.4, -0.2) is 28.8 Å². The van der Waals surface area contributed by atoms with Gasteiger partial charge in [0.15, 0.2) is 16.5 Å². The smallest absolute Gasteiger partial charge is 0.270 e. The minimum absolute atomic E-state index is 0.165. The number of fused-ring (bicyclic) bond motifs is 1. The number of carbonyl (C=O) groups is 1. The number of nitrogens with one attached hydrogen (secondary N) is 1. The molecule has 0 saturated carbocycles. The van der Waals surface area contributed by atoms with E-state index < -0.39 is 6.10 Å². The number of hydrogen-bond acceptors (Lipinski definition) is 7. The molecule has 3 heterocycles. The number of aromatic nitrogens is 2. The van der Waals surface area contributed by atoms with E-state index >= 15 is 0 Å². The zero-order chi connectivity index (χ0) is 16.5. The Morgan fingerprint density at radius 1 is 1.25 bits per heavy atom. The third-order valence-corrected chi connectivity index (χ3v) is 5.52. The van der Waals surface area contributed by atoms with Crippen LogP contribution in [0, 0.1) is 6.92 Å². The summed E-state index contributed by atoms with van der Waals surface area (Å²) in [4.78, 5) is 13.4. The van der Waals surface area contributed by atoms with Crippen molar-refractivity contribution in [2.45, 2.75) is 13.0 Å². The molecule has 1 aromatic carbocycles. The Morgan fingerprint density at radius 2 is 2.08 bits per heavy atom. The highest BCUT2D eigenvalue weighted by molar-refractivity contribution is 7.23. The van der Waals surface area contributed by atoms with Gasteiger partial charge in [0.25, 0.3) is 5.91 Å². The number of amides is 1. The number of nitrogens with zero attached hydrogens (tertiary/aromatic N) is 2. The lowest BCUT2D eigenvalue weighted by molar-refractivity contribution is -0.125. The number of ether oxygens (including phenoxy) is 2. The van der Waals surface area contributed by atoms with Gasteiger partial charge in [-0.2, -0.15) is 0 Å². The molecule has 0 saturated heterocycles. The van der Waals surface area contributed by atoms with Crippen molar-refractivity contribution in [3.05, 3.63) is 41.3 Å². The first-order valence-corrected chi connectivity index (χ1v) is 8.97. The molecule has 0 fully saturated rings. The number of thiophene rings is 1. The molecular weight excluding hydrogens is 346 g/mol. The molecule has 1 aliphatic heterocycles. The maximum atomic E-state index is 12.4. The van der Waals surface area contributed by atoms with Gasteiger partial charge in [-0.05, 0) is 36.1 Å². The lowest BCUT2D eigenvalue weighted by atomic mass is 10.2. The molecule has 8 heteroatoms. The fourth-order valence-corrected chi connectivity index (χ4v) is 4.12. The summed E-state index contributed by atoms with van der Waals surface area (Å²) < 4.78 is 11.2. The zero-order valence-corrected chi connectivity index (χ0v) is 14.3. The van der Waals surface area contributed by atoms with E-state index in [1.54, 1.807) is 17.4 Å². The van der Waals surface area contributed by atoms with Gasteiger partial charge < -0.3 is 9.47 Å². The van der Waals surface area contributed by atoms with Gasteiger partial charge in [0.2, 0.25) is 11.2 Å². The molecule has 6 nitrogen and oxygen atoms in total. The van der Waals surface area contributed by atoms with Crippen LogP contribution in [-0.2, 0) is 4.79 Å². The van der Waals surface area contributed by atoms with Crippen LogP contribution in [0.1, 0.15) is 5.56 Å². The molecule has 0 radical (unpaired) electrons. The normalized spacial score (nSPS) is 16.0. The van der Waals surface area contributed by atoms with E-state index in [9.17, 15) is 4.79 Å². The monoisotopic (exact) mass is 359 g/mol. The van der Waals surface area contributed by atoms with Gasteiger partial charge in [-0.1, -0.05) is 23.5 Å². The van der Waals surface area contributed by atoms with Gasteiger partial charge in [-0.25, -0.2) is 0 Å². The average molecular weight is 359 g/mol. The predicted molar refractivity (Wildman–Crippen MR) is 92.9 cm³/mol. The summed E-state index contributed by atoms with van der Waals surface area (Å²) in [7, 11) is 0. The summed E-state index contributed by atoms with van der Waals surface area (Å²) in [5.74, 6) is 0.916. The molecule has 122 valence electrons. The van der Waals surface area contributed by atoms with Crippen molar-refractivity contribution in [3.63, 3.8) is 0 Å². The Kier molecular flexibility index (Phi) is 3.91. The van der Waals surface area contributed by atoms with Crippen LogP contribution < -0.4 is 14.8 Å². The van der Waals surface area contributed by atoms with E-state index in [0.29, 0.717) is 16.6 Å². The summed E-state index contributed by atoms with van der Waals surface area (Å²) in [5, 5.41) is 14.2. The fourth-order valence-electron chi connectivity index (χ4n) is 2.29. The summed E-state index contributed by atoms with van der Waals surface area (Å²) in [6.45, 7) is 2.19. The third-order valence-electron chi connectivity index (χ3n) is 3.51. The Balaban J connectivity index is 1.46. The number of aryl methyl sites for hydroxylation is 1. The second kappa shape index (κ2) is 6.21. The van der Waals surface area contributed by atoms with Crippen molar-refractivity contribution in [3.8, 4) is 21.4 Å². The van der Waals surface area contributed by atoms with Gasteiger partial charge in [0.1, 0.15) is 6.61 Å². The highest BCUT2D eigenvalue weighted by Gasteiger charge is 2.28. The number of hydrogen-bond donors (Lipinski definition) is 1. The zero-order valence-electron chi connectivity index (χ0n) is 12.7. The van der Waals surface area contributed by atoms with E-state index in [-0.39, 0.29) is 12.5 Å². The number of benzene rings is 1. The van der Waals surface area contributed by atoms with Crippen LogP contribution in [0.25, 0.3) is 9.88 Å². The molecule has 1 unspecified atom stereocenters. The quantitative estimate of drug-likeness (QED) is 0.776. The molecule has 3 aromatic rings. The summed E-state index contributed by atoms with van der Waals surface area (Å²) >= 11 is 2.95. The topological polar surface area (TPSA) is 73.3 Å². The second-order valence-corrected chi connectivity index (χ2v) is 7.09. The first kappa shape index (κ1) is 15.1. The van der Waals surface area contributed by atoms with E-state index in [0.717, 1.165) is 15.4 Å². The molecule has 1 amide bonds. The highest BCUT2D eigenvalue weighted by atomic mass is 32.1. The predicted octanol–water partition coefficient (Wildman–Crippen LogP) is 3.35. The number of rotatable bonds is 3.